The van der Waals surface area contributed by atoms with Crippen LogP contribution in [-0.4, -0.2) is 27.3 Å². The summed E-state index contributed by atoms with van der Waals surface area (Å²) in [5, 5.41) is 4.93. The van der Waals surface area contributed by atoms with Gasteiger partial charge in [0.1, 0.15) is 5.82 Å². The molecule has 0 saturated carbocycles. The Bertz CT molecular complexity index is 1210. The van der Waals surface area contributed by atoms with Crippen LogP contribution in [0, 0.1) is 5.82 Å². The number of hydrogen-bond acceptors (Lipinski definition) is 4. The van der Waals surface area contributed by atoms with Crippen LogP contribution in [0.2, 0.25) is 0 Å². The molecule has 0 spiro atoms. The molecule has 2 N–H and O–H groups in total. The molecule has 0 aliphatic rings. The first-order valence-corrected chi connectivity index (χ1v) is 10.6. The van der Waals surface area contributed by atoms with Gasteiger partial charge in [-0.25, -0.2) is 12.8 Å². The highest BCUT2D eigenvalue weighted by Crippen LogP contribution is 2.23. The zero-order valence-electron chi connectivity index (χ0n) is 16.8. The molecule has 0 heterocycles. The number of carbonyl (C=O) groups is 2. The topological polar surface area (TPSA) is 95.6 Å². The molecule has 3 aromatic carbocycles. The number of halogens is 1. The van der Waals surface area contributed by atoms with Gasteiger partial charge in [0.05, 0.1) is 16.3 Å². The molecule has 0 radical (unpaired) electrons. The maximum Gasteiger partial charge on any atom is 0.264 e. The zero-order chi connectivity index (χ0) is 22.6. The Kier molecular flexibility index (Phi) is 6.36. The van der Waals surface area contributed by atoms with Crippen molar-refractivity contribution in [3.63, 3.8) is 0 Å². The Balaban J connectivity index is 1.77. The third-order valence-corrected chi connectivity index (χ3v) is 6.23. The summed E-state index contributed by atoms with van der Waals surface area (Å²) in [5.41, 5.74) is 0.939. The van der Waals surface area contributed by atoms with Gasteiger partial charge in [-0.15, -0.1) is 0 Å². The zero-order valence-corrected chi connectivity index (χ0v) is 17.6. The minimum Gasteiger partial charge on any atom is -0.324 e. The van der Waals surface area contributed by atoms with Crippen LogP contribution < -0.4 is 14.9 Å². The quantitative estimate of drug-likeness (QED) is 0.607. The highest BCUT2D eigenvalue weighted by Gasteiger charge is 2.21. The summed E-state index contributed by atoms with van der Waals surface area (Å²) in [7, 11) is -2.34. The predicted octanol–water partition coefficient (Wildman–Crippen LogP) is 3.86. The van der Waals surface area contributed by atoms with E-state index in [-0.39, 0.29) is 21.8 Å². The summed E-state index contributed by atoms with van der Waals surface area (Å²) in [6.07, 6.45) is 0. The monoisotopic (exact) mass is 441 g/mol. The predicted molar refractivity (Wildman–Crippen MR) is 117 cm³/mol. The first-order valence-electron chi connectivity index (χ1n) is 9.21. The number of anilines is 3. The molecule has 0 unspecified atom stereocenters. The number of nitrogens with zero attached hydrogens (tertiary/aromatic N) is 1. The first kappa shape index (κ1) is 22.0. The van der Waals surface area contributed by atoms with Crippen molar-refractivity contribution in [2.75, 3.05) is 22.0 Å². The molecular weight excluding hydrogens is 421 g/mol. The molecule has 0 bridgehead atoms. The summed E-state index contributed by atoms with van der Waals surface area (Å²) in [6.45, 7) is 1.25. The summed E-state index contributed by atoms with van der Waals surface area (Å²) in [6, 6.07) is 17.9. The number of para-hydroxylation sites is 1. The average Bonchev–Trinajstić information content (AvgIpc) is 2.76. The SMILES string of the molecule is CC(=O)Nc1cc(NC(=O)c2ccc(S(=O)(=O)N(C)c3ccccc3)cc2)ccc1F. The Morgan fingerprint density at radius 3 is 2.16 bits per heavy atom. The molecule has 31 heavy (non-hydrogen) atoms. The smallest absolute Gasteiger partial charge is 0.264 e. The van der Waals surface area contributed by atoms with E-state index in [1.165, 1.54) is 50.4 Å². The van der Waals surface area contributed by atoms with Crippen molar-refractivity contribution in [2.45, 2.75) is 11.8 Å². The Morgan fingerprint density at radius 2 is 1.55 bits per heavy atom. The number of hydrogen-bond donors (Lipinski definition) is 2. The molecule has 2 amide bonds. The number of rotatable bonds is 6. The molecule has 3 aromatic rings. The van der Waals surface area contributed by atoms with Gasteiger partial charge < -0.3 is 10.6 Å². The molecule has 160 valence electrons. The number of amides is 2. The highest BCUT2D eigenvalue weighted by molar-refractivity contribution is 7.92. The van der Waals surface area contributed by atoms with Crippen molar-refractivity contribution in [1.29, 1.82) is 0 Å². The van der Waals surface area contributed by atoms with Crippen LogP contribution in [0.3, 0.4) is 0 Å². The second-order valence-electron chi connectivity index (χ2n) is 6.66. The van der Waals surface area contributed by atoms with Crippen LogP contribution in [-0.2, 0) is 14.8 Å². The lowest BCUT2D eigenvalue weighted by Gasteiger charge is -2.19. The standard InChI is InChI=1S/C22H20FN3O4S/c1-15(27)24-21-14-17(10-13-20(21)23)25-22(28)16-8-11-19(12-9-16)31(29,30)26(2)18-6-4-3-5-7-18/h3-14H,1-2H3,(H,24,27)(H,25,28). The second kappa shape index (κ2) is 8.97. The number of benzene rings is 3. The maximum absolute atomic E-state index is 13.7. The van der Waals surface area contributed by atoms with E-state index in [9.17, 15) is 22.4 Å². The van der Waals surface area contributed by atoms with E-state index < -0.39 is 27.7 Å². The van der Waals surface area contributed by atoms with Crippen LogP contribution in [0.4, 0.5) is 21.5 Å². The van der Waals surface area contributed by atoms with E-state index in [4.69, 9.17) is 0 Å². The van der Waals surface area contributed by atoms with Gasteiger partial charge in [-0.1, -0.05) is 18.2 Å². The minimum absolute atomic E-state index is 0.0325. The van der Waals surface area contributed by atoms with Gasteiger partial charge in [0.2, 0.25) is 5.91 Å². The fourth-order valence-electron chi connectivity index (χ4n) is 2.80. The molecule has 0 aromatic heterocycles. The van der Waals surface area contributed by atoms with Crippen LogP contribution >= 0.6 is 0 Å². The van der Waals surface area contributed by atoms with Gasteiger partial charge in [0.25, 0.3) is 15.9 Å². The van der Waals surface area contributed by atoms with E-state index in [0.717, 1.165) is 10.4 Å². The summed E-state index contributed by atoms with van der Waals surface area (Å²) < 4.78 is 40.5. The number of carbonyl (C=O) groups excluding carboxylic acids is 2. The highest BCUT2D eigenvalue weighted by atomic mass is 32.2. The van der Waals surface area contributed by atoms with Crippen LogP contribution in [0.25, 0.3) is 0 Å². The van der Waals surface area contributed by atoms with Crippen LogP contribution in [0.15, 0.2) is 77.7 Å². The molecule has 0 aliphatic heterocycles. The fraction of sp³-hybridized carbons (Fsp3) is 0.0909. The summed E-state index contributed by atoms with van der Waals surface area (Å²) >= 11 is 0. The molecule has 7 nitrogen and oxygen atoms in total. The van der Waals surface area contributed by atoms with Gasteiger partial charge in [0, 0.05) is 25.2 Å². The second-order valence-corrected chi connectivity index (χ2v) is 8.63. The molecule has 0 atom stereocenters. The largest absolute Gasteiger partial charge is 0.324 e. The van der Waals surface area contributed by atoms with E-state index in [0.29, 0.717) is 5.69 Å². The molecule has 3 rings (SSSR count). The number of nitrogens with one attached hydrogen (secondary N) is 2. The van der Waals surface area contributed by atoms with E-state index in [2.05, 4.69) is 10.6 Å². The van der Waals surface area contributed by atoms with Crippen molar-refractivity contribution in [3.05, 3.63) is 84.2 Å². The van der Waals surface area contributed by atoms with Crippen LogP contribution in [0.1, 0.15) is 17.3 Å². The number of sulfonamides is 1. The lowest BCUT2D eigenvalue weighted by atomic mass is 10.2. The van der Waals surface area contributed by atoms with Gasteiger partial charge in [-0.3, -0.25) is 13.9 Å². The van der Waals surface area contributed by atoms with E-state index in [1.54, 1.807) is 30.3 Å². The molecule has 0 fully saturated rings. The maximum atomic E-state index is 13.7. The fourth-order valence-corrected chi connectivity index (χ4v) is 4.00. The van der Waals surface area contributed by atoms with Gasteiger partial charge in [-0.05, 0) is 54.6 Å². The van der Waals surface area contributed by atoms with Crippen molar-refractivity contribution < 1.29 is 22.4 Å². The van der Waals surface area contributed by atoms with E-state index in [1.807, 2.05) is 0 Å². The lowest BCUT2D eigenvalue weighted by Crippen LogP contribution is -2.26. The molecule has 0 saturated heterocycles. The van der Waals surface area contributed by atoms with Gasteiger partial charge in [-0.2, -0.15) is 0 Å². The lowest BCUT2D eigenvalue weighted by molar-refractivity contribution is -0.114. The van der Waals surface area contributed by atoms with Crippen molar-refractivity contribution >= 4 is 38.9 Å². The third kappa shape index (κ3) is 5.07. The summed E-state index contributed by atoms with van der Waals surface area (Å²) in [5.74, 6) is -1.59. The first-order chi connectivity index (χ1) is 14.7. The Morgan fingerprint density at radius 1 is 0.903 bits per heavy atom. The average molecular weight is 441 g/mol. The Hall–Kier alpha value is -3.72. The normalized spacial score (nSPS) is 10.9. The van der Waals surface area contributed by atoms with Crippen molar-refractivity contribution in [2.24, 2.45) is 0 Å². The molecule has 9 heteroatoms. The minimum atomic E-state index is -3.80. The van der Waals surface area contributed by atoms with Gasteiger partial charge >= 0.3 is 0 Å². The summed E-state index contributed by atoms with van der Waals surface area (Å²) in [4.78, 5) is 23.7. The third-order valence-electron chi connectivity index (χ3n) is 4.43. The van der Waals surface area contributed by atoms with Crippen LogP contribution in [0.5, 0.6) is 0 Å². The Labute approximate surface area is 179 Å². The van der Waals surface area contributed by atoms with Crippen molar-refractivity contribution in [3.8, 4) is 0 Å². The van der Waals surface area contributed by atoms with Crippen molar-refractivity contribution in [1.82, 2.24) is 0 Å². The molecule has 0 aliphatic carbocycles. The molecular formula is C22H20FN3O4S. The van der Waals surface area contributed by atoms with Gasteiger partial charge in [0.15, 0.2) is 0 Å². The van der Waals surface area contributed by atoms with E-state index >= 15 is 0 Å².